The summed E-state index contributed by atoms with van der Waals surface area (Å²) in [6.45, 7) is 5.44. The van der Waals surface area contributed by atoms with E-state index in [1.54, 1.807) is 18.2 Å². The molecule has 2 aromatic rings. The SMILES string of the molecule is CCOc1ccc(S(=O)(=O)Nc2cccc(C)c2)cc1NC(C)=O. The smallest absolute Gasteiger partial charge is 0.261 e. The third kappa shape index (κ3) is 4.48. The van der Waals surface area contributed by atoms with Crippen molar-refractivity contribution in [1.29, 1.82) is 0 Å². The number of carbonyl (C=O) groups excluding carboxylic acids is 1. The van der Waals surface area contributed by atoms with Crippen LogP contribution in [0.5, 0.6) is 5.75 Å². The first-order valence-corrected chi connectivity index (χ1v) is 8.94. The summed E-state index contributed by atoms with van der Waals surface area (Å²) in [6.07, 6.45) is 0. The number of rotatable bonds is 6. The van der Waals surface area contributed by atoms with E-state index in [2.05, 4.69) is 10.0 Å². The second kappa shape index (κ2) is 7.35. The van der Waals surface area contributed by atoms with Gasteiger partial charge in [0.05, 0.1) is 17.2 Å². The number of sulfonamides is 1. The van der Waals surface area contributed by atoms with Crippen LogP contribution in [0.4, 0.5) is 11.4 Å². The van der Waals surface area contributed by atoms with Gasteiger partial charge in [-0.25, -0.2) is 8.42 Å². The fraction of sp³-hybridized carbons (Fsp3) is 0.235. The van der Waals surface area contributed by atoms with Gasteiger partial charge in [-0.1, -0.05) is 12.1 Å². The normalized spacial score (nSPS) is 11.0. The molecule has 7 heteroatoms. The number of hydrogen-bond donors (Lipinski definition) is 2. The lowest BCUT2D eigenvalue weighted by molar-refractivity contribution is -0.114. The Morgan fingerprint density at radius 2 is 1.92 bits per heavy atom. The van der Waals surface area contributed by atoms with Gasteiger partial charge in [0.15, 0.2) is 0 Å². The maximum atomic E-state index is 12.6. The third-order valence-electron chi connectivity index (χ3n) is 3.14. The average Bonchev–Trinajstić information content (AvgIpc) is 2.48. The molecule has 6 nitrogen and oxygen atoms in total. The molecule has 0 bridgehead atoms. The topological polar surface area (TPSA) is 84.5 Å². The number of amides is 1. The number of ether oxygens (including phenoxy) is 1. The summed E-state index contributed by atoms with van der Waals surface area (Å²) in [4.78, 5) is 11.4. The molecule has 0 saturated heterocycles. The Bertz CT molecular complexity index is 847. The molecule has 0 fully saturated rings. The number of carbonyl (C=O) groups is 1. The van der Waals surface area contributed by atoms with E-state index >= 15 is 0 Å². The summed E-state index contributed by atoms with van der Waals surface area (Å²) in [5.74, 6) is 0.111. The monoisotopic (exact) mass is 348 g/mol. The standard InChI is InChI=1S/C17H20N2O4S/c1-4-23-17-9-8-15(11-16(17)18-13(3)20)24(21,22)19-14-7-5-6-12(2)10-14/h5-11,19H,4H2,1-3H3,(H,18,20). The zero-order chi connectivity index (χ0) is 17.7. The Morgan fingerprint density at radius 3 is 2.54 bits per heavy atom. The summed E-state index contributed by atoms with van der Waals surface area (Å²) in [5, 5.41) is 2.59. The van der Waals surface area contributed by atoms with Gasteiger partial charge in [-0.2, -0.15) is 0 Å². The van der Waals surface area contributed by atoms with E-state index in [-0.39, 0.29) is 10.8 Å². The Kier molecular flexibility index (Phi) is 5.46. The molecule has 0 aliphatic rings. The van der Waals surface area contributed by atoms with Crippen molar-refractivity contribution in [1.82, 2.24) is 0 Å². The molecule has 2 N–H and O–H groups in total. The molecule has 0 aliphatic heterocycles. The van der Waals surface area contributed by atoms with Crippen LogP contribution in [-0.2, 0) is 14.8 Å². The lowest BCUT2D eigenvalue weighted by Gasteiger charge is -2.14. The van der Waals surface area contributed by atoms with E-state index in [4.69, 9.17) is 4.74 Å². The van der Waals surface area contributed by atoms with Crippen molar-refractivity contribution in [2.45, 2.75) is 25.7 Å². The highest BCUT2D eigenvalue weighted by Crippen LogP contribution is 2.29. The lowest BCUT2D eigenvalue weighted by Crippen LogP contribution is -2.14. The van der Waals surface area contributed by atoms with Crippen molar-refractivity contribution in [3.8, 4) is 5.75 Å². The molecule has 2 aromatic carbocycles. The Hall–Kier alpha value is -2.54. The highest BCUT2D eigenvalue weighted by atomic mass is 32.2. The van der Waals surface area contributed by atoms with Crippen LogP contribution in [0.1, 0.15) is 19.4 Å². The number of benzene rings is 2. The molecule has 0 aromatic heterocycles. The van der Waals surface area contributed by atoms with Crippen molar-refractivity contribution >= 4 is 27.3 Å². The summed E-state index contributed by atoms with van der Waals surface area (Å²) < 4.78 is 33.0. The number of anilines is 2. The molecule has 0 aliphatic carbocycles. The quantitative estimate of drug-likeness (QED) is 0.840. The van der Waals surface area contributed by atoms with Gasteiger partial charge in [0.1, 0.15) is 5.75 Å². The largest absolute Gasteiger partial charge is 0.492 e. The molecule has 2 rings (SSSR count). The van der Waals surface area contributed by atoms with E-state index in [0.717, 1.165) is 5.56 Å². The Labute approximate surface area is 141 Å². The van der Waals surface area contributed by atoms with Gasteiger partial charge < -0.3 is 10.1 Å². The molecule has 0 heterocycles. The summed E-state index contributed by atoms with van der Waals surface area (Å²) in [7, 11) is -3.78. The van der Waals surface area contributed by atoms with Crippen LogP contribution >= 0.6 is 0 Å². The number of hydrogen-bond acceptors (Lipinski definition) is 4. The first kappa shape index (κ1) is 17.8. The van der Waals surface area contributed by atoms with E-state index in [0.29, 0.717) is 23.7 Å². The average molecular weight is 348 g/mol. The Balaban J connectivity index is 2.37. The molecule has 0 saturated carbocycles. The molecular weight excluding hydrogens is 328 g/mol. The van der Waals surface area contributed by atoms with Crippen LogP contribution in [0.3, 0.4) is 0 Å². The van der Waals surface area contributed by atoms with Crippen LogP contribution in [0, 0.1) is 6.92 Å². The van der Waals surface area contributed by atoms with Gasteiger partial charge in [-0.05, 0) is 49.7 Å². The van der Waals surface area contributed by atoms with Crippen LogP contribution in [0.2, 0.25) is 0 Å². The van der Waals surface area contributed by atoms with Crippen molar-refractivity contribution in [2.75, 3.05) is 16.6 Å². The van der Waals surface area contributed by atoms with E-state index in [9.17, 15) is 13.2 Å². The van der Waals surface area contributed by atoms with Gasteiger partial charge in [-0.3, -0.25) is 9.52 Å². The zero-order valence-electron chi connectivity index (χ0n) is 13.8. The van der Waals surface area contributed by atoms with E-state index < -0.39 is 10.0 Å². The third-order valence-corrected chi connectivity index (χ3v) is 4.52. The maximum absolute atomic E-state index is 12.6. The molecular formula is C17H20N2O4S. The zero-order valence-corrected chi connectivity index (χ0v) is 14.6. The minimum Gasteiger partial charge on any atom is -0.492 e. The first-order chi connectivity index (χ1) is 11.3. The van der Waals surface area contributed by atoms with E-state index in [1.165, 1.54) is 25.1 Å². The molecule has 128 valence electrons. The Morgan fingerprint density at radius 1 is 1.17 bits per heavy atom. The first-order valence-electron chi connectivity index (χ1n) is 7.46. The van der Waals surface area contributed by atoms with Crippen LogP contribution in [0.15, 0.2) is 47.4 Å². The lowest BCUT2D eigenvalue weighted by atomic mass is 10.2. The highest BCUT2D eigenvalue weighted by molar-refractivity contribution is 7.92. The van der Waals surface area contributed by atoms with Gasteiger partial charge in [-0.15, -0.1) is 0 Å². The van der Waals surface area contributed by atoms with Crippen molar-refractivity contribution in [3.63, 3.8) is 0 Å². The molecule has 0 radical (unpaired) electrons. The second-order valence-corrected chi connectivity index (χ2v) is 6.93. The van der Waals surface area contributed by atoms with Crippen LogP contribution in [0.25, 0.3) is 0 Å². The predicted octanol–water partition coefficient (Wildman–Crippen LogP) is 3.15. The summed E-state index contributed by atoms with van der Waals surface area (Å²) >= 11 is 0. The fourth-order valence-corrected chi connectivity index (χ4v) is 3.24. The van der Waals surface area contributed by atoms with Gasteiger partial charge in [0, 0.05) is 12.6 Å². The number of aryl methyl sites for hydroxylation is 1. The molecule has 24 heavy (non-hydrogen) atoms. The highest BCUT2D eigenvalue weighted by Gasteiger charge is 2.17. The predicted molar refractivity (Wildman–Crippen MR) is 93.9 cm³/mol. The van der Waals surface area contributed by atoms with Crippen molar-refractivity contribution in [3.05, 3.63) is 48.0 Å². The van der Waals surface area contributed by atoms with Crippen LogP contribution in [-0.4, -0.2) is 20.9 Å². The molecule has 0 spiro atoms. The molecule has 0 atom stereocenters. The van der Waals surface area contributed by atoms with Crippen molar-refractivity contribution < 1.29 is 17.9 Å². The fourth-order valence-electron chi connectivity index (χ4n) is 2.17. The molecule has 1 amide bonds. The number of nitrogens with one attached hydrogen (secondary N) is 2. The second-order valence-electron chi connectivity index (χ2n) is 5.25. The van der Waals surface area contributed by atoms with Gasteiger partial charge in [0.25, 0.3) is 10.0 Å². The minimum atomic E-state index is -3.78. The molecule has 0 unspecified atom stereocenters. The summed E-state index contributed by atoms with van der Waals surface area (Å²) in [6, 6.07) is 11.4. The van der Waals surface area contributed by atoms with Crippen molar-refractivity contribution in [2.24, 2.45) is 0 Å². The minimum absolute atomic E-state index is 0.0382. The van der Waals surface area contributed by atoms with Gasteiger partial charge >= 0.3 is 0 Å². The van der Waals surface area contributed by atoms with Gasteiger partial charge in [0.2, 0.25) is 5.91 Å². The van der Waals surface area contributed by atoms with Crippen LogP contribution < -0.4 is 14.8 Å². The maximum Gasteiger partial charge on any atom is 0.261 e. The van der Waals surface area contributed by atoms with E-state index in [1.807, 2.05) is 19.9 Å². The summed E-state index contributed by atoms with van der Waals surface area (Å²) in [5.41, 5.74) is 1.74.